The van der Waals surface area contributed by atoms with Crippen molar-refractivity contribution in [2.45, 2.75) is 58.8 Å². The van der Waals surface area contributed by atoms with Gasteiger partial charge in [-0.3, -0.25) is 33.6 Å². The molecule has 0 radical (unpaired) electrons. The van der Waals surface area contributed by atoms with Crippen LogP contribution in [-0.4, -0.2) is 97.9 Å². The minimum Gasteiger partial charge on any atom is -0.462 e. The molecule has 1 aliphatic rings. The Kier molecular flexibility index (Phi) is 15.6. The summed E-state index contributed by atoms with van der Waals surface area (Å²) in [5, 5.41) is 15.6. The third-order valence-corrected chi connectivity index (χ3v) is 9.20. The number of carbonyl (C=O) groups excluding carboxylic acids is 7. The van der Waals surface area contributed by atoms with Crippen LogP contribution in [0.25, 0.3) is 0 Å². The molecule has 1 heterocycles. The quantitative estimate of drug-likeness (QED) is 0.146. The zero-order valence-electron chi connectivity index (χ0n) is 24.7. The Morgan fingerprint density at radius 3 is 1.58 bits per heavy atom. The van der Waals surface area contributed by atoms with Crippen LogP contribution in [0, 0.1) is 10.7 Å². The van der Waals surface area contributed by atoms with Crippen molar-refractivity contribution in [2.75, 3.05) is 37.7 Å². The lowest BCUT2D eigenvalue weighted by molar-refractivity contribution is -0.155. The molecule has 3 unspecified atom stereocenters. The van der Waals surface area contributed by atoms with Gasteiger partial charge in [0.25, 0.3) is 17.7 Å². The Balaban J connectivity index is 2.54. The Bertz CT molecular complexity index is 1270. The third kappa shape index (κ3) is 11.4. The molecular formula is C27H32I3N3O12. The maximum Gasteiger partial charge on any atom is 0.303 e. The number of nitrogens with one attached hydrogen (secondary N) is 2. The Labute approximate surface area is 299 Å². The summed E-state index contributed by atoms with van der Waals surface area (Å²) in [6.45, 7) is 3.77. The van der Waals surface area contributed by atoms with Crippen LogP contribution in [0.2, 0.25) is 0 Å². The van der Waals surface area contributed by atoms with E-state index in [0.717, 1.165) is 13.8 Å². The van der Waals surface area contributed by atoms with Crippen molar-refractivity contribution in [3.8, 4) is 0 Å². The number of hydrogen-bond donors (Lipinski definition) is 3. The highest BCUT2D eigenvalue weighted by molar-refractivity contribution is 14.1. The molecule has 1 aromatic carbocycles. The summed E-state index contributed by atoms with van der Waals surface area (Å²) < 4.78 is 21.0. The highest BCUT2D eigenvalue weighted by Gasteiger charge is 2.36. The van der Waals surface area contributed by atoms with Gasteiger partial charge in [-0.15, -0.1) is 0 Å². The lowest BCUT2D eigenvalue weighted by atomic mass is 10.0. The maximum atomic E-state index is 13.7. The minimum atomic E-state index is -1.27. The average Bonchev–Trinajstić information content (AvgIpc) is 2.93. The first-order chi connectivity index (χ1) is 21.0. The molecule has 15 nitrogen and oxygen atoms in total. The molecule has 3 N–H and O–H groups in total. The van der Waals surface area contributed by atoms with E-state index in [2.05, 4.69) is 10.6 Å². The summed E-state index contributed by atoms with van der Waals surface area (Å²) in [6, 6.07) is 0. The number of anilines is 1. The summed E-state index contributed by atoms with van der Waals surface area (Å²) in [5.74, 6) is -4.52. The second-order valence-electron chi connectivity index (χ2n) is 9.68. The fraction of sp³-hybridized carbons (Fsp3) is 0.519. The monoisotopic (exact) mass is 971 g/mol. The molecular weight excluding hydrogens is 939 g/mol. The van der Waals surface area contributed by atoms with Gasteiger partial charge in [0, 0.05) is 37.8 Å². The van der Waals surface area contributed by atoms with Gasteiger partial charge in [0.2, 0.25) is 0 Å². The lowest BCUT2D eigenvalue weighted by Gasteiger charge is -2.33. The number of amides is 3. The molecule has 3 atom stereocenters. The molecule has 0 saturated carbocycles. The van der Waals surface area contributed by atoms with Gasteiger partial charge in [-0.25, -0.2) is 0 Å². The van der Waals surface area contributed by atoms with Crippen molar-refractivity contribution in [3.63, 3.8) is 0 Å². The molecule has 248 valence electrons. The molecule has 1 fully saturated rings. The molecule has 45 heavy (non-hydrogen) atoms. The first-order valence-corrected chi connectivity index (χ1v) is 16.7. The van der Waals surface area contributed by atoms with Crippen molar-refractivity contribution < 1.29 is 57.6 Å². The van der Waals surface area contributed by atoms with Gasteiger partial charge in [-0.2, -0.15) is 0 Å². The van der Waals surface area contributed by atoms with Crippen LogP contribution in [0.4, 0.5) is 5.69 Å². The van der Waals surface area contributed by atoms with E-state index in [1.807, 2.05) is 67.8 Å². The van der Waals surface area contributed by atoms with Gasteiger partial charge in [-0.05, 0) is 80.6 Å². The summed E-state index contributed by atoms with van der Waals surface area (Å²) in [5.41, 5.74) is 0.286. The van der Waals surface area contributed by atoms with Crippen LogP contribution in [0.5, 0.6) is 0 Å². The summed E-state index contributed by atoms with van der Waals surface area (Å²) in [6.07, 6.45) is -2.56. The number of rotatable bonds is 13. The number of carbonyl (C=O) groups is 7. The van der Waals surface area contributed by atoms with Crippen LogP contribution in [-0.2, 0) is 42.9 Å². The van der Waals surface area contributed by atoms with Gasteiger partial charge in [0.05, 0.1) is 37.0 Å². The fourth-order valence-electron chi connectivity index (χ4n) is 4.11. The zero-order chi connectivity index (χ0) is 34.0. The highest BCUT2D eigenvalue weighted by atomic mass is 127. The normalized spacial score (nSPS) is 15.8. The molecule has 0 aliphatic carbocycles. The van der Waals surface area contributed by atoms with Crippen molar-refractivity contribution >= 4 is 115 Å². The molecule has 2 rings (SSSR count). The smallest absolute Gasteiger partial charge is 0.303 e. The van der Waals surface area contributed by atoms with Gasteiger partial charge in [-0.1, -0.05) is 0 Å². The Morgan fingerprint density at radius 1 is 0.778 bits per heavy atom. The van der Waals surface area contributed by atoms with Crippen LogP contribution in [0.1, 0.15) is 61.3 Å². The number of benzene rings is 1. The van der Waals surface area contributed by atoms with Crippen LogP contribution in [0.15, 0.2) is 0 Å². The number of ether oxygens (including phenoxy) is 4. The number of esters is 4. The van der Waals surface area contributed by atoms with Crippen molar-refractivity contribution in [3.05, 3.63) is 21.8 Å². The Morgan fingerprint density at radius 2 is 1.20 bits per heavy atom. The van der Waals surface area contributed by atoms with Gasteiger partial charge < -0.3 is 39.6 Å². The lowest BCUT2D eigenvalue weighted by Crippen LogP contribution is -2.46. The van der Waals surface area contributed by atoms with Crippen molar-refractivity contribution in [1.82, 2.24) is 10.6 Å². The zero-order valence-corrected chi connectivity index (χ0v) is 31.2. The first-order valence-electron chi connectivity index (χ1n) is 13.4. The van der Waals surface area contributed by atoms with E-state index in [0.29, 0.717) is 13.6 Å². The SMILES string of the molecule is CC(=O)OCC(CNC(=O)c1c(I)c(C(=O)NCC(COC(C)=O)OC(C)=O)c(I)c(N2CCCC(O)C2=O)c1I)OC(C)=O. The maximum absolute atomic E-state index is 13.7. The van der Waals surface area contributed by atoms with E-state index in [-0.39, 0.29) is 59.7 Å². The molecule has 1 aromatic rings. The molecule has 18 heteroatoms. The second kappa shape index (κ2) is 18.1. The van der Waals surface area contributed by atoms with E-state index < -0.39 is 59.9 Å². The van der Waals surface area contributed by atoms with Crippen molar-refractivity contribution in [1.29, 1.82) is 0 Å². The van der Waals surface area contributed by atoms with E-state index in [1.165, 1.54) is 18.7 Å². The van der Waals surface area contributed by atoms with E-state index >= 15 is 0 Å². The Hall–Kier alpha value is -2.34. The van der Waals surface area contributed by atoms with Crippen LogP contribution >= 0.6 is 67.8 Å². The van der Waals surface area contributed by atoms with E-state index in [1.54, 1.807) is 0 Å². The van der Waals surface area contributed by atoms with E-state index in [9.17, 15) is 38.7 Å². The van der Waals surface area contributed by atoms with Crippen molar-refractivity contribution in [2.24, 2.45) is 0 Å². The largest absolute Gasteiger partial charge is 0.462 e. The molecule has 0 aromatic heterocycles. The average molecular weight is 971 g/mol. The topological polar surface area (TPSA) is 204 Å². The number of aliphatic hydroxyl groups is 1. The van der Waals surface area contributed by atoms with Gasteiger partial charge in [0.15, 0.2) is 12.2 Å². The predicted molar refractivity (Wildman–Crippen MR) is 181 cm³/mol. The summed E-state index contributed by atoms with van der Waals surface area (Å²) >= 11 is 5.62. The standard InChI is InChI=1S/C27H32I3N3O12/c1-12(34)42-10-16(44-14(3)36)8-31-25(39)19-21(28)20(26(40)32-9-17(45-15(4)37)11-43-13(2)35)23(30)24(22(19)29)33-7-5-6-18(38)27(33)41/h16-18,38H,5-11H2,1-4H3,(H,31,39)(H,32,40). The third-order valence-electron chi connectivity index (χ3n) is 6.02. The van der Waals surface area contributed by atoms with E-state index in [4.69, 9.17) is 18.9 Å². The number of aliphatic hydroxyl groups excluding tert-OH is 1. The number of nitrogens with zero attached hydrogens (tertiary/aromatic N) is 1. The second-order valence-corrected chi connectivity index (χ2v) is 12.9. The molecule has 0 spiro atoms. The fourth-order valence-corrected chi connectivity index (χ4v) is 8.84. The minimum absolute atomic E-state index is 0.0233. The number of hydrogen-bond acceptors (Lipinski definition) is 12. The van der Waals surface area contributed by atoms with Gasteiger partial charge in [0.1, 0.15) is 19.3 Å². The summed E-state index contributed by atoms with van der Waals surface area (Å²) in [4.78, 5) is 87.4. The molecule has 1 aliphatic heterocycles. The highest BCUT2D eigenvalue weighted by Crippen LogP contribution is 2.39. The first kappa shape index (κ1) is 38.8. The number of piperidine rings is 1. The molecule has 3 amide bonds. The van der Waals surface area contributed by atoms with Crippen LogP contribution in [0.3, 0.4) is 0 Å². The van der Waals surface area contributed by atoms with Gasteiger partial charge >= 0.3 is 23.9 Å². The summed E-state index contributed by atoms with van der Waals surface area (Å²) in [7, 11) is 0. The predicted octanol–water partition coefficient (Wildman–Crippen LogP) is 1.44. The van der Waals surface area contributed by atoms with Crippen LogP contribution < -0.4 is 15.5 Å². The molecule has 0 bridgehead atoms. The molecule has 1 saturated heterocycles. The number of halogens is 3.